The second-order valence-corrected chi connectivity index (χ2v) is 6.99. The van der Waals surface area contributed by atoms with Gasteiger partial charge in [0.1, 0.15) is 17.3 Å². The molecule has 1 aromatic carbocycles. The van der Waals surface area contributed by atoms with Crippen molar-refractivity contribution >= 4 is 19.7 Å². The first kappa shape index (κ1) is 15.5. The maximum absolute atomic E-state index is 13.7. The van der Waals surface area contributed by atoms with Gasteiger partial charge in [0.05, 0.1) is 6.10 Å². The Bertz CT molecular complexity index is 585. The van der Waals surface area contributed by atoms with E-state index in [1.165, 1.54) is 0 Å². The number of hydrogen-bond donors (Lipinski definition) is 0. The molecule has 0 aliphatic carbocycles. The minimum absolute atomic E-state index is 0.0119. The highest BCUT2D eigenvalue weighted by Gasteiger charge is 2.24. The molecule has 1 unspecified atom stereocenters. The molecule has 1 fully saturated rings. The van der Waals surface area contributed by atoms with Crippen molar-refractivity contribution in [2.24, 2.45) is 0 Å². The molecule has 0 aromatic heterocycles. The Labute approximate surface area is 120 Å². The van der Waals surface area contributed by atoms with Crippen LogP contribution in [0.15, 0.2) is 17.0 Å². The SMILES string of the molecule is O=S(=O)(Cl)c1cc(F)cc(F)c1OCC1CCCCO1. The summed E-state index contributed by atoms with van der Waals surface area (Å²) in [5.41, 5.74) is 0. The van der Waals surface area contributed by atoms with Gasteiger partial charge < -0.3 is 9.47 Å². The van der Waals surface area contributed by atoms with Crippen molar-refractivity contribution in [2.45, 2.75) is 30.3 Å². The Balaban J connectivity index is 2.21. The van der Waals surface area contributed by atoms with Gasteiger partial charge in [-0.3, -0.25) is 0 Å². The van der Waals surface area contributed by atoms with Gasteiger partial charge >= 0.3 is 0 Å². The van der Waals surface area contributed by atoms with Gasteiger partial charge in [-0.25, -0.2) is 17.2 Å². The van der Waals surface area contributed by atoms with E-state index in [1.54, 1.807) is 0 Å². The molecule has 0 amide bonds. The lowest BCUT2D eigenvalue weighted by Crippen LogP contribution is -2.26. The minimum atomic E-state index is -4.30. The number of halogens is 3. The third-order valence-corrected chi connectivity index (χ3v) is 4.25. The summed E-state index contributed by atoms with van der Waals surface area (Å²) in [6, 6.07) is 1.17. The van der Waals surface area contributed by atoms with Crippen LogP contribution < -0.4 is 4.74 Å². The number of benzene rings is 1. The molecule has 0 spiro atoms. The molecule has 0 N–H and O–H groups in total. The van der Waals surface area contributed by atoms with Crippen molar-refractivity contribution in [1.82, 2.24) is 0 Å². The molecule has 0 radical (unpaired) electrons. The van der Waals surface area contributed by atoms with E-state index in [2.05, 4.69) is 0 Å². The highest BCUT2D eigenvalue weighted by atomic mass is 35.7. The van der Waals surface area contributed by atoms with Gasteiger partial charge in [0, 0.05) is 23.4 Å². The second kappa shape index (κ2) is 6.24. The molecule has 1 heterocycles. The summed E-state index contributed by atoms with van der Waals surface area (Å²) in [4.78, 5) is -0.715. The van der Waals surface area contributed by atoms with E-state index in [1.807, 2.05) is 0 Å². The third kappa shape index (κ3) is 3.80. The van der Waals surface area contributed by atoms with Crippen LogP contribution in [-0.2, 0) is 13.8 Å². The first-order valence-electron chi connectivity index (χ1n) is 6.06. The molecule has 8 heteroatoms. The molecule has 1 saturated heterocycles. The van der Waals surface area contributed by atoms with Crippen LogP contribution in [0.2, 0.25) is 0 Å². The molecule has 2 rings (SSSR count). The van der Waals surface area contributed by atoms with Crippen LogP contribution in [0.5, 0.6) is 5.75 Å². The Kier molecular flexibility index (Phi) is 4.82. The summed E-state index contributed by atoms with van der Waals surface area (Å²) in [6.07, 6.45) is 2.41. The quantitative estimate of drug-likeness (QED) is 0.798. The van der Waals surface area contributed by atoms with Crippen molar-refractivity contribution < 1.29 is 26.7 Å². The highest BCUT2D eigenvalue weighted by Crippen LogP contribution is 2.31. The van der Waals surface area contributed by atoms with Crippen LogP contribution in [0.4, 0.5) is 8.78 Å². The minimum Gasteiger partial charge on any atom is -0.486 e. The summed E-state index contributed by atoms with van der Waals surface area (Å²) in [7, 11) is 0.852. The Morgan fingerprint density at radius 1 is 1.35 bits per heavy atom. The molecular weight excluding hydrogens is 314 g/mol. The summed E-state index contributed by atoms with van der Waals surface area (Å²) in [5, 5.41) is 0. The number of ether oxygens (including phenoxy) is 2. The summed E-state index contributed by atoms with van der Waals surface area (Å²) >= 11 is 0. The molecule has 1 aliphatic heterocycles. The largest absolute Gasteiger partial charge is 0.486 e. The van der Waals surface area contributed by atoms with Crippen molar-refractivity contribution in [1.29, 1.82) is 0 Å². The molecule has 1 aromatic rings. The lowest BCUT2D eigenvalue weighted by molar-refractivity contribution is -0.0123. The zero-order chi connectivity index (χ0) is 14.8. The summed E-state index contributed by atoms with van der Waals surface area (Å²) in [5.74, 6) is -2.72. The molecule has 4 nitrogen and oxygen atoms in total. The fourth-order valence-electron chi connectivity index (χ4n) is 1.97. The van der Waals surface area contributed by atoms with Crippen molar-refractivity contribution in [3.63, 3.8) is 0 Å². The lowest BCUT2D eigenvalue weighted by Gasteiger charge is -2.23. The predicted octanol–water partition coefficient (Wildman–Crippen LogP) is 2.84. The Morgan fingerprint density at radius 2 is 2.10 bits per heavy atom. The van der Waals surface area contributed by atoms with Gasteiger partial charge in [0.25, 0.3) is 9.05 Å². The third-order valence-electron chi connectivity index (χ3n) is 2.92. The van der Waals surface area contributed by atoms with Gasteiger partial charge in [-0.1, -0.05) is 0 Å². The highest BCUT2D eigenvalue weighted by molar-refractivity contribution is 8.13. The zero-order valence-corrected chi connectivity index (χ0v) is 12.0. The van der Waals surface area contributed by atoms with Gasteiger partial charge in [-0.15, -0.1) is 0 Å². The van der Waals surface area contributed by atoms with Crippen molar-refractivity contribution in [2.75, 3.05) is 13.2 Å². The Morgan fingerprint density at radius 3 is 2.70 bits per heavy atom. The monoisotopic (exact) mass is 326 g/mol. The smallest absolute Gasteiger partial charge is 0.265 e. The predicted molar refractivity (Wildman–Crippen MR) is 68.5 cm³/mol. The normalized spacial score (nSPS) is 19.9. The van der Waals surface area contributed by atoms with Crippen LogP contribution in [0.3, 0.4) is 0 Å². The zero-order valence-electron chi connectivity index (χ0n) is 10.4. The summed E-state index contributed by atoms with van der Waals surface area (Å²) in [6.45, 7) is 0.572. The van der Waals surface area contributed by atoms with Gasteiger partial charge in [-0.2, -0.15) is 0 Å². The first-order chi connectivity index (χ1) is 9.38. The molecule has 112 valence electrons. The van der Waals surface area contributed by atoms with Crippen molar-refractivity contribution in [3.8, 4) is 5.75 Å². The van der Waals surface area contributed by atoms with Crippen LogP contribution in [0, 0.1) is 11.6 Å². The number of hydrogen-bond acceptors (Lipinski definition) is 4. The van der Waals surface area contributed by atoms with E-state index >= 15 is 0 Å². The average molecular weight is 327 g/mol. The fourth-order valence-corrected chi connectivity index (χ4v) is 2.95. The van der Waals surface area contributed by atoms with E-state index in [0.29, 0.717) is 18.7 Å². The van der Waals surface area contributed by atoms with E-state index < -0.39 is 31.3 Å². The van der Waals surface area contributed by atoms with Crippen molar-refractivity contribution in [3.05, 3.63) is 23.8 Å². The molecule has 20 heavy (non-hydrogen) atoms. The van der Waals surface area contributed by atoms with Gasteiger partial charge in [0.2, 0.25) is 0 Å². The molecule has 1 aliphatic rings. The summed E-state index contributed by atoms with van der Waals surface area (Å²) < 4.78 is 60.0. The standard InChI is InChI=1S/C12H13ClF2O4S/c13-20(16,17)11-6-8(14)5-10(15)12(11)19-7-9-3-1-2-4-18-9/h5-6,9H,1-4,7H2. The van der Waals surface area contributed by atoms with Crippen LogP contribution in [0.1, 0.15) is 19.3 Å². The van der Waals surface area contributed by atoms with E-state index in [9.17, 15) is 17.2 Å². The maximum atomic E-state index is 13.7. The van der Waals surface area contributed by atoms with Crippen LogP contribution >= 0.6 is 10.7 Å². The average Bonchev–Trinajstić information content (AvgIpc) is 2.37. The van der Waals surface area contributed by atoms with Gasteiger partial charge in [0.15, 0.2) is 11.6 Å². The maximum Gasteiger partial charge on any atom is 0.265 e. The molecular formula is C12H13ClF2O4S. The topological polar surface area (TPSA) is 52.6 Å². The van der Waals surface area contributed by atoms with E-state index in [-0.39, 0.29) is 12.7 Å². The molecule has 0 bridgehead atoms. The molecule has 0 saturated carbocycles. The van der Waals surface area contributed by atoms with Crippen LogP contribution in [-0.4, -0.2) is 27.7 Å². The lowest BCUT2D eigenvalue weighted by atomic mass is 10.1. The van der Waals surface area contributed by atoms with E-state index in [0.717, 1.165) is 19.3 Å². The van der Waals surface area contributed by atoms with Crippen LogP contribution in [0.25, 0.3) is 0 Å². The fraction of sp³-hybridized carbons (Fsp3) is 0.500. The van der Waals surface area contributed by atoms with Gasteiger partial charge in [-0.05, 0) is 25.3 Å². The first-order valence-corrected chi connectivity index (χ1v) is 8.37. The Hall–Kier alpha value is -0.920. The second-order valence-electron chi connectivity index (χ2n) is 4.45. The van der Waals surface area contributed by atoms with E-state index in [4.69, 9.17) is 20.2 Å². The number of rotatable bonds is 4. The molecule has 1 atom stereocenters.